The summed E-state index contributed by atoms with van der Waals surface area (Å²) < 4.78 is 5.33. The first kappa shape index (κ1) is 25.2. The number of hydrogen-bond donors (Lipinski definition) is 2. The highest BCUT2D eigenvalue weighted by atomic mass is 16.5. The minimum Gasteiger partial charge on any atom is -0.508 e. The lowest BCUT2D eigenvalue weighted by atomic mass is 10.1. The molecular formula is C30H29N5O3. The highest BCUT2D eigenvalue weighted by Crippen LogP contribution is 2.39. The van der Waals surface area contributed by atoms with E-state index in [-0.39, 0.29) is 18.2 Å². The summed E-state index contributed by atoms with van der Waals surface area (Å²) in [5.41, 5.74) is 4.32. The van der Waals surface area contributed by atoms with Gasteiger partial charge in [0.1, 0.15) is 17.9 Å². The van der Waals surface area contributed by atoms with Crippen LogP contribution >= 0.6 is 0 Å². The summed E-state index contributed by atoms with van der Waals surface area (Å²) in [4.78, 5) is 25.5. The molecule has 4 aromatic rings. The normalized spacial score (nSPS) is 13.5. The van der Waals surface area contributed by atoms with Crippen LogP contribution < -0.4 is 10.2 Å². The Bertz CT molecular complexity index is 1490. The van der Waals surface area contributed by atoms with Crippen molar-refractivity contribution in [3.05, 3.63) is 84.2 Å². The smallest absolute Gasteiger partial charge is 0.234 e. The van der Waals surface area contributed by atoms with E-state index < -0.39 is 0 Å². The number of rotatable bonds is 6. The Labute approximate surface area is 221 Å². The van der Waals surface area contributed by atoms with Crippen LogP contribution in [0.1, 0.15) is 11.1 Å². The maximum atomic E-state index is 12.2. The second-order valence-corrected chi connectivity index (χ2v) is 9.04. The fourth-order valence-corrected chi connectivity index (χ4v) is 4.45. The van der Waals surface area contributed by atoms with Crippen LogP contribution in [0.3, 0.4) is 0 Å². The Kier molecular flexibility index (Phi) is 7.78. The van der Waals surface area contributed by atoms with E-state index in [1.165, 1.54) is 0 Å². The molecule has 1 aliphatic heterocycles. The number of aryl methyl sites for hydroxylation is 1. The summed E-state index contributed by atoms with van der Waals surface area (Å²) in [7, 11) is 0. The first-order valence-corrected chi connectivity index (χ1v) is 12.5. The molecule has 192 valence electrons. The molecule has 3 aromatic carbocycles. The summed E-state index contributed by atoms with van der Waals surface area (Å²) in [6.45, 7) is 5.44. The third-order valence-electron chi connectivity index (χ3n) is 6.34. The molecule has 1 aromatic heterocycles. The predicted molar refractivity (Wildman–Crippen MR) is 148 cm³/mol. The molecular weight excluding hydrogens is 478 g/mol. The minimum absolute atomic E-state index is 0.0434. The molecule has 0 aliphatic carbocycles. The molecule has 0 radical (unpaired) electrons. The maximum Gasteiger partial charge on any atom is 0.234 e. The van der Waals surface area contributed by atoms with Gasteiger partial charge in [-0.25, -0.2) is 9.97 Å². The summed E-state index contributed by atoms with van der Waals surface area (Å²) in [6.07, 6.45) is 1.55. The number of aromatic hydroxyl groups is 1. The van der Waals surface area contributed by atoms with Crippen LogP contribution in [0.2, 0.25) is 0 Å². The lowest BCUT2D eigenvalue weighted by Crippen LogP contribution is -2.43. The Balaban J connectivity index is 1.42. The number of carbonyl (C=O) groups excluding carboxylic acids is 1. The third-order valence-corrected chi connectivity index (χ3v) is 6.34. The van der Waals surface area contributed by atoms with Crippen LogP contribution in [0.5, 0.6) is 5.75 Å². The van der Waals surface area contributed by atoms with Crippen molar-refractivity contribution < 1.29 is 14.6 Å². The van der Waals surface area contributed by atoms with Crippen LogP contribution in [0.25, 0.3) is 10.9 Å². The van der Waals surface area contributed by atoms with Crippen molar-refractivity contribution in [3.8, 4) is 17.6 Å². The van der Waals surface area contributed by atoms with E-state index in [9.17, 15) is 9.90 Å². The van der Waals surface area contributed by atoms with Gasteiger partial charge in [-0.2, -0.15) is 0 Å². The van der Waals surface area contributed by atoms with Gasteiger partial charge in [-0.3, -0.25) is 14.6 Å². The van der Waals surface area contributed by atoms with Crippen LogP contribution in [0.15, 0.2) is 73.1 Å². The Morgan fingerprint density at radius 3 is 2.68 bits per heavy atom. The number of fused-ring (bicyclic) bond motifs is 1. The van der Waals surface area contributed by atoms with E-state index in [4.69, 9.17) is 4.74 Å². The monoisotopic (exact) mass is 507 g/mol. The number of carbonyl (C=O) groups is 1. The van der Waals surface area contributed by atoms with Crippen LogP contribution in [0, 0.1) is 18.8 Å². The lowest BCUT2D eigenvalue weighted by Gasteiger charge is -2.26. The van der Waals surface area contributed by atoms with Crippen molar-refractivity contribution in [2.75, 3.05) is 44.3 Å². The second kappa shape index (κ2) is 11.7. The number of aromatic nitrogens is 2. The van der Waals surface area contributed by atoms with E-state index >= 15 is 0 Å². The maximum absolute atomic E-state index is 12.2. The molecule has 0 atom stereocenters. The molecule has 8 nitrogen and oxygen atoms in total. The van der Waals surface area contributed by atoms with Crippen LogP contribution in [-0.4, -0.2) is 65.3 Å². The van der Waals surface area contributed by atoms with Crippen molar-refractivity contribution in [2.24, 2.45) is 0 Å². The highest BCUT2D eigenvalue weighted by Gasteiger charge is 2.19. The number of phenolic OH excluding ortho intramolecular Hbond substituents is 1. The summed E-state index contributed by atoms with van der Waals surface area (Å²) in [6, 6.07) is 21.1. The van der Waals surface area contributed by atoms with E-state index in [0.717, 1.165) is 46.5 Å². The van der Waals surface area contributed by atoms with Gasteiger partial charge in [0.25, 0.3) is 0 Å². The van der Waals surface area contributed by atoms with Gasteiger partial charge in [0.2, 0.25) is 5.91 Å². The molecule has 0 saturated carbocycles. The first-order chi connectivity index (χ1) is 18.6. The average molecular weight is 508 g/mol. The molecule has 2 heterocycles. The molecule has 8 heteroatoms. The van der Waals surface area contributed by atoms with E-state index in [0.29, 0.717) is 25.6 Å². The van der Waals surface area contributed by atoms with Crippen molar-refractivity contribution in [2.45, 2.75) is 6.92 Å². The van der Waals surface area contributed by atoms with E-state index in [2.05, 4.69) is 36.9 Å². The summed E-state index contributed by atoms with van der Waals surface area (Å²) in [5.74, 6) is 7.08. The molecule has 0 unspecified atom stereocenters. The topological polar surface area (TPSA) is 90.8 Å². The van der Waals surface area contributed by atoms with Gasteiger partial charge in [0.05, 0.1) is 37.5 Å². The first-order valence-electron chi connectivity index (χ1n) is 12.5. The third kappa shape index (κ3) is 5.92. The van der Waals surface area contributed by atoms with Crippen molar-refractivity contribution >= 4 is 34.0 Å². The molecule has 0 bridgehead atoms. The minimum atomic E-state index is -0.0434. The Morgan fingerprint density at radius 1 is 1.08 bits per heavy atom. The van der Waals surface area contributed by atoms with Gasteiger partial charge in [-0.15, -0.1) is 0 Å². The Morgan fingerprint density at radius 2 is 1.89 bits per heavy atom. The van der Waals surface area contributed by atoms with Crippen molar-refractivity contribution in [1.82, 2.24) is 20.2 Å². The number of morpholine rings is 1. The highest BCUT2D eigenvalue weighted by molar-refractivity contribution is 5.95. The number of amides is 1. The fourth-order valence-electron chi connectivity index (χ4n) is 4.45. The summed E-state index contributed by atoms with van der Waals surface area (Å²) in [5, 5.41) is 13.7. The van der Waals surface area contributed by atoms with Gasteiger partial charge < -0.3 is 15.2 Å². The zero-order valence-corrected chi connectivity index (χ0v) is 21.2. The molecule has 1 aliphatic rings. The van der Waals surface area contributed by atoms with E-state index in [1.807, 2.05) is 61.5 Å². The van der Waals surface area contributed by atoms with Gasteiger partial charge in [0, 0.05) is 29.7 Å². The fraction of sp³-hybridized carbons (Fsp3) is 0.233. The molecule has 1 saturated heterocycles. The zero-order valence-electron chi connectivity index (χ0n) is 21.2. The van der Waals surface area contributed by atoms with Gasteiger partial charge in [-0.05, 0) is 61.0 Å². The van der Waals surface area contributed by atoms with Crippen molar-refractivity contribution in [3.63, 3.8) is 0 Å². The van der Waals surface area contributed by atoms with E-state index in [1.54, 1.807) is 18.5 Å². The number of benzene rings is 3. The van der Waals surface area contributed by atoms with Gasteiger partial charge in [0.15, 0.2) is 0 Å². The Hall–Kier alpha value is -4.45. The van der Waals surface area contributed by atoms with Crippen molar-refractivity contribution in [1.29, 1.82) is 0 Å². The quantitative estimate of drug-likeness (QED) is 0.383. The standard InChI is InChI=1S/C30H29N5O3/c1-22-18-25(36)10-12-28(22)35(24-7-3-2-4-8-24)30-26-19-23(9-11-27(26)32-21-33-30)6-5-13-31-29(37)20-34-14-16-38-17-15-34/h2-4,7-12,18-19,21,36H,13-17,20H2,1H3,(H,31,37). The average Bonchev–Trinajstić information content (AvgIpc) is 2.94. The molecule has 1 amide bonds. The molecule has 0 spiro atoms. The predicted octanol–water partition coefficient (Wildman–Crippen LogP) is 3.91. The lowest BCUT2D eigenvalue weighted by molar-refractivity contribution is -0.123. The zero-order chi connectivity index (χ0) is 26.3. The number of phenols is 1. The van der Waals surface area contributed by atoms with Crippen LogP contribution in [-0.2, 0) is 9.53 Å². The number of ether oxygens (including phenoxy) is 1. The number of nitrogens with zero attached hydrogens (tertiary/aromatic N) is 4. The van der Waals surface area contributed by atoms with Gasteiger partial charge in [-0.1, -0.05) is 30.0 Å². The SMILES string of the molecule is Cc1cc(O)ccc1N(c1ccccc1)c1ncnc2ccc(C#CCNC(=O)CN3CCOCC3)cc12. The molecule has 38 heavy (non-hydrogen) atoms. The number of para-hydroxylation sites is 1. The molecule has 2 N–H and O–H groups in total. The molecule has 1 fully saturated rings. The summed E-state index contributed by atoms with van der Waals surface area (Å²) >= 11 is 0. The molecule has 5 rings (SSSR count). The second-order valence-electron chi connectivity index (χ2n) is 9.04. The number of anilines is 3. The number of nitrogens with one attached hydrogen (secondary N) is 1. The number of hydrogen-bond acceptors (Lipinski definition) is 7. The van der Waals surface area contributed by atoms with Crippen LogP contribution in [0.4, 0.5) is 17.2 Å². The van der Waals surface area contributed by atoms with Gasteiger partial charge >= 0.3 is 0 Å². The largest absolute Gasteiger partial charge is 0.508 e.